The van der Waals surface area contributed by atoms with Gasteiger partial charge in [-0.3, -0.25) is 4.98 Å². The van der Waals surface area contributed by atoms with E-state index in [0.717, 1.165) is 0 Å². The predicted molar refractivity (Wildman–Crippen MR) is 126 cm³/mol. The van der Waals surface area contributed by atoms with Crippen molar-refractivity contribution < 1.29 is 4.57 Å². The lowest BCUT2D eigenvalue weighted by atomic mass is 9.75. The third-order valence-corrected chi connectivity index (χ3v) is 7.40. The largest absolute Gasteiger partial charge is 0.260 e. The Labute approximate surface area is 184 Å². The van der Waals surface area contributed by atoms with E-state index in [0.29, 0.717) is 0 Å². The van der Waals surface area contributed by atoms with Gasteiger partial charge >= 0.3 is 0 Å². The summed E-state index contributed by atoms with van der Waals surface area (Å²) in [7, 11) is 2.18. The first-order valence-corrected chi connectivity index (χ1v) is 11.3. The number of hydrogen-bond acceptors (Lipinski definition) is 1. The number of hydrogen-bond donors (Lipinski definition) is 0. The van der Waals surface area contributed by atoms with Crippen LogP contribution in [0.25, 0.3) is 33.5 Å². The maximum Gasteiger partial charge on any atom is 0.212 e. The molecule has 2 heterocycles. The van der Waals surface area contributed by atoms with Gasteiger partial charge in [-0.2, -0.15) is 0 Å². The number of fused-ring (bicyclic) bond motifs is 5. The van der Waals surface area contributed by atoms with Gasteiger partial charge in [0.15, 0.2) is 6.20 Å². The number of aryl methyl sites for hydroxylation is 2. The molecule has 2 heteroatoms. The Morgan fingerprint density at radius 1 is 0.806 bits per heavy atom. The zero-order valence-electron chi connectivity index (χ0n) is 18.2. The minimum atomic E-state index is 0.0678. The summed E-state index contributed by atoms with van der Waals surface area (Å²) in [6.45, 7) is 2.26. The molecule has 31 heavy (non-hydrogen) atoms. The van der Waals surface area contributed by atoms with E-state index in [9.17, 15) is 0 Å². The van der Waals surface area contributed by atoms with Crippen molar-refractivity contribution in [2.24, 2.45) is 7.05 Å². The van der Waals surface area contributed by atoms with Crippen molar-refractivity contribution in [3.8, 4) is 33.5 Å². The van der Waals surface area contributed by atoms with Gasteiger partial charge in [-0.05, 0) is 54.2 Å². The molecule has 2 aromatic carbocycles. The average molecular weight is 404 g/mol. The van der Waals surface area contributed by atoms with Crippen LogP contribution in [0.3, 0.4) is 0 Å². The summed E-state index contributed by atoms with van der Waals surface area (Å²) in [5.41, 5.74) is 12.1. The fourth-order valence-electron chi connectivity index (χ4n) is 6.01. The molecule has 2 nitrogen and oxygen atoms in total. The molecular weight excluding hydrogens is 376 g/mol. The summed E-state index contributed by atoms with van der Waals surface area (Å²) in [5.74, 6) is 0. The van der Waals surface area contributed by atoms with E-state index in [1.165, 1.54) is 76.0 Å². The van der Waals surface area contributed by atoms with Crippen LogP contribution in [0.1, 0.15) is 42.5 Å². The lowest BCUT2D eigenvalue weighted by molar-refractivity contribution is -0.659. The van der Waals surface area contributed by atoms with Crippen LogP contribution in [-0.4, -0.2) is 4.98 Å². The lowest BCUT2D eigenvalue weighted by Crippen LogP contribution is -2.32. The fraction of sp³-hybridized carbons (Fsp3) is 0.241. The second-order valence-electron chi connectivity index (χ2n) is 9.15. The number of rotatable bonds is 2. The van der Waals surface area contributed by atoms with Crippen LogP contribution in [0.4, 0.5) is 0 Å². The molecule has 2 aliphatic carbocycles. The number of pyridine rings is 2. The van der Waals surface area contributed by atoms with E-state index in [2.05, 4.69) is 91.5 Å². The van der Waals surface area contributed by atoms with E-state index >= 15 is 0 Å². The number of benzene rings is 2. The van der Waals surface area contributed by atoms with E-state index in [-0.39, 0.29) is 5.41 Å². The van der Waals surface area contributed by atoms with Crippen LogP contribution in [0, 0.1) is 6.92 Å². The van der Waals surface area contributed by atoms with Crippen molar-refractivity contribution in [2.45, 2.75) is 38.0 Å². The summed E-state index contributed by atoms with van der Waals surface area (Å²) in [6, 6.07) is 24.2. The molecule has 0 N–H and O–H groups in total. The summed E-state index contributed by atoms with van der Waals surface area (Å²) < 4.78 is 2.31. The topological polar surface area (TPSA) is 16.8 Å². The molecule has 152 valence electrons. The number of nitrogens with zero attached hydrogens (tertiary/aromatic N) is 2. The highest BCUT2D eigenvalue weighted by Crippen LogP contribution is 2.58. The van der Waals surface area contributed by atoms with Crippen LogP contribution in [-0.2, 0) is 12.5 Å². The Morgan fingerprint density at radius 3 is 2.39 bits per heavy atom. The summed E-state index contributed by atoms with van der Waals surface area (Å²) in [5, 5.41) is 0. The Bertz CT molecular complexity index is 1300. The van der Waals surface area contributed by atoms with Crippen LogP contribution in [0.2, 0.25) is 0 Å². The Kier molecular flexibility index (Phi) is 4.11. The highest BCUT2D eigenvalue weighted by molar-refractivity contribution is 5.88. The predicted octanol–water partition coefficient (Wildman–Crippen LogP) is 6.39. The number of aromatic nitrogens is 2. The minimum absolute atomic E-state index is 0.0678. The van der Waals surface area contributed by atoms with Crippen LogP contribution in [0.5, 0.6) is 0 Å². The third-order valence-electron chi connectivity index (χ3n) is 7.40. The molecule has 4 aromatic rings. The Balaban J connectivity index is 1.59. The summed E-state index contributed by atoms with van der Waals surface area (Å²) >= 11 is 0. The molecule has 1 saturated carbocycles. The highest BCUT2D eigenvalue weighted by atomic mass is 14.9. The fourth-order valence-corrected chi connectivity index (χ4v) is 6.01. The summed E-state index contributed by atoms with van der Waals surface area (Å²) in [4.78, 5) is 4.94. The molecule has 1 spiro atoms. The lowest BCUT2D eigenvalue weighted by Gasteiger charge is -2.27. The first-order chi connectivity index (χ1) is 15.2. The first-order valence-electron chi connectivity index (χ1n) is 11.3. The summed E-state index contributed by atoms with van der Waals surface area (Å²) in [6.07, 6.45) is 9.21. The van der Waals surface area contributed by atoms with E-state index in [4.69, 9.17) is 4.98 Å². The highest BCUT2D eigenvalue weighted by Gasteiger charge is 2.48. The van der Waals surface area contributed by atoms with E-state index in [1.807, 2.05) is 6.20 Å². The molecule has 2 aromatic heterocycles. The molecule has 0 amide bonds. The molecule has 0 bridgehead atoms. The van der Waals surface area contributed by atoms with Gasteiger partial charge in [-0.15, -0.1) is 0 Å². The van der Waals surface area contributed by atoms with Gasteiger partial charge in [0, 0.05) is 28.8 Å². The van der Waals surface area contributed by atoms with Gasteiger partial charge in [0.2, 0.25) is 5.69 Å². The molecule has 0 radical (unpaired) electrons. The minimum Gasteiger partial charge on any atom is -0.260 e. The quantitative estimate of drug-likeness (QED) is 0.354. The normalized spacial score (nSPS) is 15.8. The maximum atomic E-state index is 4.94. The van der Waals surface area contributed by atoms with E-state index < -0.39 is 0 Å². The van der Waals surface area contributed by atoms with Crippen molar-refractivity contribution in [1.82, 2.24) is 4.98 Å². The first kappa shape index (κ1) is 18.5. The van der Waals surface area contributed by atoms with Gasteiger partial charge < -0.3 is 0 Å². The average Bonchev–Trinajstić information content (AvgIpc) is 3.40. The smallest absolute Gasteiger partial charge is 0.212 e. The SMILES string of the molecule is Cc1ccc2c(c1-c1ccc(-c3ccccc3)c[n+]1C)C1(CCCC1)c1ncccc1-2. The van der Waals surface area contributed by atoms with Crippen molar-refractivity contribution in [3.63, 3.8) is 0 Å². The van der Waals surface area contributed by atoms with Crippen molar-refractivity contribution in [1.29, 1.82) is 0 Å². The maximum absolute atomic E-state index is 4.94. The van der Waals surface area contributed by atoms with Gasteiger partial charge in [-0.25, -0.2) is 4.57 Å². The van der Waals surface area contributed by atoms with Gasteiger partial charge in [0.25, 0.3) is 0 Å². The van der Waals surface area contributed by atoms with Gasteiger partial charge in [0.1, 0.15) is 7.05 Å². The van der Waals surface area contributed by atoms with Crippen LogP contribution >= 0.6 is 0 Å². The molecule has 0 aliphatic heterocycles. The zero-order chi connectivity index (χ0) is 21.0. The molecule has 0 unspecified atom stereocenters. The van der Waals surface area contributed by atoms with Gasteiger partial charge in [-0.1, -0.05) is 61.4 Å². The molecule has 6 rings (SSSR count). The molecular formula is C29H27N2+. The molecule has 0 saturated heterocycles. The second-order valence-corrected chi connectivity index (χ2v) is 9.15. The van der Waals surface area contributed by atoms with Crippen LogP contribution < -0.4 is 4.57 Å². The molecule has 2 aliphatic rings. The molecule has 1 fully saturated rings. The Morgan fingerprint density at radius 2 is 1.61 bits per heavy atom. The Hall–Kier alpha value is -3.26. The van der Waals surface area contributed by atoms with Crippen molar-refractivity contribution in [2.75, 3.05) is 0 Å². The molecule has 0 atom stereocenters. The van der Waals surface area contributed by atoms with Gasteiger partial charge in [0.05, 0.1) is 11.3 Å². The zero-order valence-corrected chi connectivity index (χ0v) is 18.2. The van der Waals surface area contributed by atoms with E-state index in [1.54, 1.807) is 0 Å². The standard InChI is InChI=1S/C29H27N2/c1-20-12-14-23-24-11-8-18-30-28(24)29(16-6-7-17-29)27(23)26(20)25-15-13-22(19-31(25)2)21-9-4-3-5-10-21/h3-5,8-15,18-19H,6-7,16-17H2,1-2H3/q+1. The third kappa shape index (κ3) is 2.64. The van der Waals surface area contributed by atoms with Crippen LogP contribution in [0.15, 0.2) is 79.1 Å². The second kappa shape index (κ2) is 6.88. The van der Waals surface area contributed by atoms with Crippen molar-refractivity contribution >= 4 is 0 Å². The van der Waals surface area contributed by atoms with Crippen molar-refractivity contribution in [3.05, 3.63) is 95.9 Å². The monoisotopic (exact) mass is 403 g/mol.